The molecular formula is C36H39N5O3. The lowest BCUT2D eigenvalue weighted by molar-refractivity contribution is -0.150. The van der Waals surface area contributed by atoms with Crippen molar-refractivity contribution < 1.29 is 15.8 Å². The van der Waals surface area contributed by atoms with E-state index in [9.17, 15) is 14.4 Å². The molecule has 3 aliphatic rings. The first-order chi connectivity index (χ1) is 21.2. The minimum atomic E-state index is -0.481. The Morgan fingerprint density at radius 2 is 1.52 bits per heavy atom. The number of anilines is 1. The summed E-state index contributed by atoms with van der Waals surface area (Å²) in [6, 6.07) is 27.9. The maximum atomic E-state index is 13.9. The van der Waals surface area contributed by atoms with Crippen LogP contribution in [-0.4, -0.2) is 63.5 Å². The van der Waals surface area contributed by atoms with E-state index in [-0.39, 0.29) is 30.5 Å². The van der Waals surface area contributed by atoms with Gasteiger partial charge in [-0.15, -0.1) is 0 Å². The van der Waals surface area contributed by atoms with Crippen molar-refractivity contribution in [2.45, 2.75) is 26.8 Å². The molecule has 8 nitrogen and oxygen atoms in total. The summed E-state index contributed by atoms with van der Waals surface area (Å²) in [6.45, 7) is 6.51. The second-order valence-electron chi connectivity index (χ2n) is 13.4. The van der Waals surface area contributed by atoms with E-state index in [1.165, 1.54) is 0 Å². The molecule has 2 saturated heterocycles. The number of nitrogens with zero attached hydrogens (tertiary/aromatic N) is 4. The van der Waals surface area contributed by atoms with Crippen LogP contribution in [0.2, 0.25) is 0 Å². The maximum absolute atomic E-state index is 13.9. The molecular weight excluding hydrogens is 550 g/mol. The Balaban J connectivity index is 0.00000357. The Kier molecular flexibility index (Phi) is 6.87. The minimum absolute atomic E-state index is 0. The molecule has 3 heterocycles. The molecule has 2 aliphatic heterocycles. The zero-order valence-corrected chi connectivity index (χ0v) is 25.1. The van der Waals surface area contributed by atoms with Gasteiger partial charge in [-0.25, -0.2) is 0 Å². The molecule has 3 aromatic carbocycles. The number of benzene rings is 3. The Morgan fingerprint density at radius 1 is 0.864 bits per heavy atom. The lowest BCUT2D eigenvalue weighted by atomic mass is 9.71. The van der Waals surface area contributed by atoms with E-state index in [4.69, 9.17) is 0 Å². The van der Waals surface area contributed by atoms with E-state index < -0.39 is 11.3 Å². The fourth-order valence-corrected chi connectivity index (χ4v) is 6.93. The van der Waals surface area contributed by atoms with Gasteiger partial charge in [0.1, 0.15) is 0 Å². The first kappa shape index (κ1) is 28.1. The smallest absolute Gasteiger partial charge is 0.257 e. The highest BCUT2D eigenvalue weighted by Gasteiger charge is 2.61. The van der Waals surface area contributed by atoms with Crippen molar-refractivity contribution in [2.75, 3.05) is 31.5 Å². The highest BCUT2D eigenvalue weighted by Crippen LogP contribution is 2.54. The van der Waals surface area contributed by atoms with Crippen LogP contribution < -0.4 is 5.32 Å². The van der Waals surface area contributed by atoms with Gasteiger partial charge in [-0.1, -0.05) is 86.6 Å². The molecule has 226 valence electrons. The normalized spacial score (nSPS) is 21.1. The molecule has 3 amide bonds. The summed E-state index contributed by atoms with van der Waals surface area (Å²) in [5, 5.41) is 7.57. The molecule has 1 saturated carbocycles. The van der Waals surface area contributed by atoms with Crippen molar-refractivity contribution in [1.29, 1.82) is 0 Å². The van der Waals surface area contributed by atoms with Gasteiger partial charge in [-0.3, -0.25) is 19.1 Å². The van der Waals surface area contributed by atoms with Crippen LogP contribution in [-0.2, 0) is 16.1 Å². The number of amides is 3. The number of nitrogens with one attached hydrogen (secondary N) is 1. The molecule has 2 atom stereocenters. The van der Waals surface area contributed by atoms with Crippen molar-refractivity contribution in [2.24, 2.45) is 22.7 Å². The largest absolute Gasteiger partial charge is 0.341 e. The number of carbonyl (C=O) groups is 3. The third-order valence-electron chi connectivity index (χ3n) is 9.69. The number of likely N-dealkylation sites (tertiary alicyclic amines) is 2. The molecule has 8 heteroatoms. The van der Waals surface area contributed by atoms with Crippen LogP contribution >= 0.6 is 0 Å². The summed E-state index contributed by atoms with van der Waals surface area (Å²) in [5.74, 6) is -0.491. The van der Waals surface area contributed by atoms with E-state index in [0.29, 0.717) is 44.0 Å². The quantitative estimate of drug-likeness (QED) is 0.312. The average Bonchev–Trinajstić information content (AvgIpc) is 3.32. The van der Waals surface area contributed by atoms with Crippen molar-refractivity contribution >= 4 is 23.4 Å². The third kappa shape index (κ3) is 5.29. The molecule has 0 radical (unpaired) electrons. The van der Waals surface area contributed by atoms with E-state index in [1.807, 2.05) is 89.8 Å². The third-order valence-corrected chi connectivity index (χ3v) is 9.69. The summed E-state index contributed by atoms with van der Waals surface area (Å²) in [5.41, 5.74) is 3.96. The molecule has 7 rings (SSSR count). The molecule has 0 bridgehead atoms. The Hall–Kier alpha value is -4.72. The second kappa shape index (κ2) is 10.8. The molecule has 1 spiro atoms. The van der Waals surface area contributed by atoms with Gasteiger partial charge < -0.3 is 15.1 Å². The zero-order valence-electron chi connectivity index (χ0n) is 25.1. The van der Waals surface area contributed by atoms with Crippen LogP contribution in [0.5, 0.6) is 0 Å². The van der Waals surface area contributed by atoms with Crippen LogP contribution in [0.4, 0.5) is 5.69 Å². The molecule has 44 heavy (non-hydrogen) atoms. The van der Waals surface area contributed by atoms with Crippen LogP contribution in [0.1, 0.15) is 37.6 Å². The molecule has 0 unspecified atom stereocenters. The Labute approximate surface area is 259 Å². The van der Waals surface area contributed by atoms with E-state index in [0.717, 1.165) is 23.1 Å². The summed E-state index contributed by atoms with van der Waals surface area (Å²) in [7, 11) is 0. The van der Waals surface area contributed by atoms with Crippen LogP contribution in [0.15, 0.2) is 97.3 Å². The van der Waals surface area contributed by atoms with Crippen LogP contribution in [0, 0.1) is 22.7 Å². The Morgan fingerprint density at radius 3 is 2.23 bits per heavy atom. The maximum Gasteiger partial charge on any atom is 0.257 e. The first-order valence-corrected chi connectivity index (χ1v) is 15.3. The van der Waals surface area contributed by atoms with E-state index in [2.05, 4.69) is 24.3 Å². The number of hydrogen-bond donors (Lipinski definition) is 1. The SMILES string of the molecule is CC1(C)C[C@@H]1C(=O)N1CC2(CN(C(=O)c3cnn(Cc4ccccc4)c3)C[C@H]2C(=O)Nc2cccc(-c3ccccc3)c2)C1.[HH]. The Bertz CT molecular complexity index is 1710. The van der Waals surface area contributed by atoms with Crippen molar-refractivity contribution in [3.8, 4) is 11.1 Å². The highest BCUT2D eigenvalue weighted by atomic mass is 16.2. The topological polar surface area (TPSA) is 87.5 Å². The number of hydrogen-bond acceptors (Lipinski definition) is 4. The number of aromatic nitrogens is 2. The first-order valence-electron chi connectivity index (χ1n) is 15.3. The lowest BCUT2D eigenvalue weighted by Crippen LogP contribution is -2.64. The van der Waals surface area contributed by atoms with Gasteiger partial charge >= 0.3 is 0 Å². The van der Waals surface area contributed by atoms with Gasteiger partial charge in [0.05, 0.1) is 24.2 Å². The van der Waals surface area contributed by atoms with Gasteiger partial charge in [-0.2, -0.15) is 5.10 Å². The van der Waals surface area contributed by atoms with Crippen LogP contribution in [0.3, 0.4) is 0 Å². The van der Waals surface area contributed by atoms with Crippen molar-refractivity contribution in [3.05, 3.63) is 108 Å². The van der Waals surface area contributed by atoms with E-state index in [1.54, 1.807) is 22.0 Å². The summed E-state index contributed by atoms with van der Waals surface area (Å²) in [4.78, 5) is 44.6. The molecule has 4 aromatic rings. The molecule has 1 aliphatic carbocycles. The molecule has 3 fully saturated rings. The standard InChI is InChI=1S/C36H37N5O3.H2/c1-35(2)17-30(35)34(44)40-23-36(24-40)22-39(33(43)28-18-37-41(20-28)19-25-10-5-3-6-11-25)21-31(36)32(42)38-29-15-9-14-27(16-29)26-12-7-4-8-13-26;/h3-16,18,20,30-31H,17,19,21-24H2,1-2H3,(H,38,42);1H/t30-,31+;/m1./s1. The average molecular weight is 590 g/mol. The fourth-order valence-electron chi connectivity index (χ4n) is 6.93. The predicted molar refractivity (Wildman–Crippen MR) is 171 cm³/mol. The highest BCUT2D eigenvalue weighted by molar-refractivity contribution is 5.98. The minimum Gasteiger partial charge on any atom is -0.341 e. The van der Waals surface area contributed by atoms with Gasteiger partial charge in [0, 0.05) is 50.8 Å². The van der Waals surface area contributed by atoms with Gasteiger partial charge in [0.2, 0.25) is 11.8 Å². The fraction of sp³-hybridized carbons (Fsp3) is 0.333. The summed E-state index contributed by atoms with van der Waals surface area (Å²) >= 11 is 0. The second-order valence-corrected chi connectivity index (χ2v) is 13.4. The summed E-state index contributed by atoms with van der Waals surface area (Å²) in [6.07, 6.45) is 4.27. The predicted octanol–water partition coefficient (Wildman–Crippen LogP) is 5.43. The van der Waals surface area contributed by atoms with Gasteiger partial charge in [0.15, 0.2) is 0 Å². The lowest BCUT2D eigenvalue weighted by Gasteiger charge is -2.50. The number of rotatable bonds is 7. The van der Waals surface area contributed by atoms with Gasteiger partial charge in [0.25, 0.3) is 5.91 Å². The van der Waals surface area contributed by atoms with Gasteiger partial charge in [-0.05, 0) is 40.7 Å². The molecule has 1 aromatic heterocycles. The van der Waals surface area contributed by atoms with Crippen LogP contribution in [0.25, 0.3) is 11.1 Å². The van der Waals surface area contributed by atoms with Crippen molar-refractivity contribution in [3.63, 3.8) is 0 Å². The molecule has 1 N–H and O–H groups in total. The van der Waals surface area contributed by atoms with E-state index >= 15 is 0 Å². The van der Waals surface area contributed by atoms with Crippen molar-refractivity contribution in [1.82, 2.24) is 19.6 Å². The zero-order chi connectivity index (χ0) is 30.5. The monoisotopic (exact) mass is 589 g/mol. The number of carbonyl (C=O) groups excluding carboxylic acids is 3. The summed E-state index contributed by atoms with van der Waals surface area (Å²) < 4.78 is 1.76.